The highest BCUT2D eigenvalue weighted by Crippen LogP contribution is 2.19. The van der Waals surface area contributed by atoms with Gasteiger partial charge in [0.25, 0.3) is 5.91 Å². The van der Waals surface area contributed by atoms with E-state index in [2.05, 4.69) is 10.9 Å². The molecule has 3 aromatic rings. The lowest BCUT2D eigenvalue weighted by Crippen LogP contribution is -2.41. The van der Waals surface area contributed by atoms with Crippen LogP contribution in [0.2, 0.25) is 0 Å². The Hall–Kier alpha value is -4.26. The molecule has 0 aliphatic rings. The molecule has 3 aromatic carbocycles. The number of rotatable bonds is 9. The van der Waals surface area contributed by atoms with Gasteiger partial charge in [-0.05, 0) is 29.7 Å². The monoisotopic (exact) mass is 444 g/mol. The van der Waals surface area contributed by atoms with Crippen molar-refractivity contribution in [3.8, 4) is 11.1 Å². The predicted molar refractivity (Wildman–Crippen MR) is 123 cm³/mol. The van der Waals surface area contributed by atoms with Crippen molar-refractivity contribution in [3.63, 3.8) is 0 Å². The second-order valence-electron chi connectivity index (χ2n) is 7.25. The number of ketones is 1. The van der Waals surface area contributed by atoms with Gasteiger partial charge in [0.05, 0.1) is 0 Å². The third kappa shape index (κ3) is 7.43. The van der Waals surface area contributed by atoms with E-state index in [0.29, 0.717) is 11.1 Å². The third-order valence-electron chi connectivity index (χ3n) is 4.81. The largest absolute Gasteiger partial charge is 0.457 e. The van der Waals surface area contributed by atoms with Crippen molar-refractivity contribution in [1.29, 1.82) is 0 Å². The van der Waals surface area contributed by atoms with E-state index in [1.165, 1.54) is 0 Å². The number of benzene rings is 3. The summed E-state index contributed by atoms with van der Waals surface area (Å²) in [6.07, 6.45) is 0.241. The second kappa shape index (κ2) is 12.0. The van der Waals surface area contributed by atoms with Gasteiger partial charge in [-0.25, -0.2) is 0 Å². The van der Waals surface area contributed by atoms with Crippen LogP contribution in [-0.4, -0.2) is 30.2 Å². The van der Waals surface area contributed by atoms with Gasteiger partial charge < -0.3 is 4.74 Å². The Labute approximate surface area is 191 Å². The van der Waals surface area contributed by atoms with Crippen molar-refractivity contribution in [2.24, 2.45) is 0 Å². The van der Waals surface area contributed by atoms with E-state index in [0.717, 1.165) is 11.1 Å². The molecule has 0 aliphatic heterocycles. The zero-order chi connectivity index (χ0) is 23.5. The van der Waals surface area contributed by atoms with Crippen LogP contribution in [0.25, 0.3) is 11.1 Å². The summed E-state index contributed by atoms with van der Waals surface area (Å²) in [6, 6.07) is 25.3. The van der Waals surface area contributed by atoms with Crippen molar-refractivity contribution in [1.82, 2.24) is 10.9 Å². The van der Waals surface area contributed by atoms with Gasteiger partial charge in [-0.2, -0.15) is 0 Å². The lowest BCUT2D eigenvalue weighted by molar-refractivity contribution is -0.142. The van der Waals surface area contributed by atoms with Gasteiger partial charge in [-0.1, -0.05) is 72.8 Å². The summed E-state index contributed by atoms with van der Waals surface area (Å²) < 4.78 is 5.02. The zero-order valence-electron chi connectivity index (χ0n) is 18.0. The lowest BCUT2D eigenvalue weighted by Gasteiger charge is -2.08. The minimum absolute atomic E-state index is 0.0136. The molecular formula is C26H24N2O5. The molecule has 0 fully saturated rings. The molecule has 0 saturated carbocycles. The molecule has 7 nitrogen and oxygen atoms in total. The highest BCUT2D eigenvalue weighted by molar-refractivity contribution is 5.98. The summed E-state index contributed by atoms with van der Waals surface area (Å²) in [4.78, 5) is 47.8. The number of hydrogen-bond acceptors (Lipinski definition) is 5. The fraction of sp³-hybridized carbons (Fsp3) is 0.154. The third-order valence-corrected chi connectivity index (χ3v) is 4.81. The molecule has 0 bridgehead atoms. The number of nitrogens with one attached hydrogen (secondary N) is 2. The van der Waals surface area contributed by atoms with Crippen molar-refractivity contribution in [2.45, 2.75) is 19.3 Å². The number of hydrogen-bond donors (Lipinski definition) is 2. The molecular weight excluding hydrogens is 420 g/mol. The Morgan fingerprint density at radius 1 is 0.636 bits per heavy atom. The summed E-state index contributed by atoms with van der Waals surface area (Å²) in [5, 5.41) is 0. The van der Waals surface area contributed by atoms with Gasteiger partial charge in [-0.3, -0.25) is 30.0 Å². The van der Waals surface area contributed by atoms with Crippen molar-refractivity contribution in [3.05, 3.63) is 96.1 Å². The van der Waals surface area contributed by atoms with Crippen LogP contribution in [-0.2, 0) is 14.3 Å². The fourth-order valence-electron chi connectivity index (χ4n) is 3.02. The van der Waals surface area contributed by atoms with Crippen molar-refractivity contribution < 1.29 is 23.9 Å². The van der Waals surface area contributed by atoms with Crippen LogP contribution in [0.3, 0.4) is 0 Å². The second-order valence-corrected chi connectivity index (χ2v) is 7.25. The maximum atomic E-state index is 12.3. The Morgan fingerprint density at radius 2 is 1.24 bits per heavy atom. The lowest BCUT2D eigenvalue weighted by atomic mass is 10.0. The van der Waals surface area contributed by atoms with E-state index >= 15 is 0 Å². The van der Waals surface area contributed by atoms with Gasteiger partial charge >= 0.3 is 5.97 Å². The number of Topliss-reactive ketones (excluding diaryl/α,β-unsaturated/α-hetero) is 1. The molecule has 7 heteroatoms. The number of ether oxygens (including phenoxy) is 1. The van der Waals surface area contributed by atoms with Crippen molar-refractivity contribution in [2.75, 3.05) is 6.61 Å². The SMILES string of the molecule is O=C(CCCC(=O)OCC(=O)c1ccc(-c2ccccc2)cc1)NNC(=O)c1ccccc1. The summed E-state index contributed by atoms with van der Waals surface area (Å²) in [5.41, 5.74) is 7.52. The van der Waals surface area contributed by atoms with Gasteiger partial charge in [0.2, 0.25) is 5.91 Å². The van der Waals surface area contributed by atoms with Gasteiger partial charge in [-0.15, -0.1) is 0 Å². The molecule has 0 heterocycles. The summed E-state index contributed by atoms with van der Waals surface area (Å²) >= 11 is 0. The maximum absolute atomic E-state index is 12.3. The first-order valence-corrected chi connectivity index (χ1v) is 10.5. The van der Waals surface area contributed by atoms with Gasteiger partial charge in [0.15, 0.2) is 12.4 Å². The maximum Gasteiger partial charge on any atom is 0.306 e. The number of esters is 1. The Bertz CT molecular complexity index is 1100. The predicted octanol–water partition coefficient (Wildman–Crippen LogP) is 3.71. The molecule has 168 valence electrons. The van der Waals surface area contributed by atoms with Crippen LogP contribution < -0.4 is 10.9 Å². The zero-order valence-corrected chi connectivity index (χ0v) is 18.0. The van der Waals surface area contributed by atoms with Gasteiger partial charge in [0.1, 0.15) is 0 Å². The van der Waals surface area contributed by atoms with Gasteiger partial charge in [0, 0.05) is 24.0 Å². The quantitative estimate of drug-likeness (QED) is 0.298. The topological polar surface area (TPSA) is 102 Å². The highest BCUT2D eigenvalue weighted by Gasteiger charge is 2.12. The first kappa shape index (κ1) is 23.4. The minimum Gasteiger partial charge on any atom is -0.457 e. The molecule has 0 unspecified atom stereocenters. The van der Waals surface area contributed by atoms with E-state index in [-0.39, 0.29) is 31.7 Å². The number of hydrazine groups is 1. The van der Waals surface area contributed by atoms with Crippen LogP contribution in [0.15, 0.2) is 84.9 Å². The molecule has 0 spiro atoms. The fourth-order valence-corrected chi connectivity index (χ4v) is 3.02. The molecule has 3 rings (SSSR count). The average molecular weight is 444 g/mol. The smallest absolute Gasteiger partial charge is 0.306 e. The Balaban J connectivity index is 1.33. The standard InChI is InChI=1S/C26H24N2O5/c29-23(21-16-14-20(15-17-21)19-8-3-1-4-9-19)18-33-25(31)13-7-12-24(30)27-28-26(32)22-10-5-2-6-11-22/h1-6,8-11,14-17H,7,12-13,18H2,(H,27,30)(H,28,32). The van der Waals surface area contributed by atoms with Crippen LogP contribution in [0, 0.1) is 0 Å². The number of amides is 2. The van der Waals surface area contributed by atoms with E-state index in [4.69, 9.17) is 4.74 Å². The Kier molecular flexibility index (Phi) is 8.48. The summed E-state index contributed by atoms with van der Waals surface area (Å²) in [7, 11) is 0. The number of carbonyl (C=O) groups is 4. The molecule has 0 saturated heterocycles. The van der Waals surface area contributed by atoms with Crippen LogP contribution in [0.4, 0.5) is 0 Å². The van der Waals surface area contributed by atoms with E-state index in [9.17, 15) is 19.2 Å². The minimum atomic E-state index is -0.564. The van der Waals surface area contributed by atoms with Crippen molar-refractivity contribution >= 4 is 23.6 Å². The van der Waals surface area contributed by atoms with E-state index in [1.807, 2.05) is 42.5 Å². The summed E-state index contributed by atoms with van der Waals surface area (Å²) in [6.45, 7) is -0.358. The molecule has 0 aliphatic carbocycles. The van der Waals surface area contributed by atoms with Crippen LogP contribution in [0.5, 0.6) is 0 Å². The van der Waals surface area contributed by atoms with E-state index < -0.39 is 17.8 Å². The first-order chi connectivity index (χ1) is 16.0. The van der Waals surface area contributed by atoms with Crippen LogP contribution >= 0.6 is 0 Å². The number of carbonyl (C=O) groups excluding carboxylic acids is 4. The molecule has 0 radical (unpaired) electrons. The molecule has 0 aromatic heterocycles. The molecule has 33 heavy (non-hydrogen) atoms. The molecule has 2 amide bonds. The summed E-state index contributed by atoms with van der Waals surface area (Å²) in [5.74, 6) is -1.73. The normalized spacial score (nSPS) is 10.2. The molecule has 0 atom stereocenters. The Morgan fingerprint density at radius 3 is 1.91 bits per heavy atom. The molecule has 2 N–H and O–H groups in total. The first-order valence-electron chi connectivity index (χ1n) is 10.5. The van der Waals surface area contributed by atoms with E-state index in [1.54, 1.807) is 42.5 Å². The van der Waals surface area contributed by atoms with Crippen LogP contribution in [0.1, 0.15) is 40.0 Å². The highest BCUT2D eigenvalue weighted by atomic mass is 16.5. The average Bonchev–Trinajstić information content (AvgIpc) is 2.87.